The molecule has 4 heteroatoms. The molecular weight excluding hydrogens is 896 g/mol. The second kappa shape index (κ2) is 20.8. The Hall–Kier alpha value is -4.33. The summed E-state index contributed by atoms with van der Waals surface area (Å²) in [5.41, 5.74) is 9.21. The van der Waals surface area contributed by atoms with Gasteiger partial charge in [0.25, 0.3) is 0 Å². The molecule has 0 heterocycles. The molecule has 0 radical (unpaired) electrons. The molecule has 6 aromatic carbocycles. The first kappa shape index (κ1) is 57.0. The molecule has 0 aliphatic heterocycles. The van der Waals surface area contributed by atoms with Gasteiger partial charge in [0, 0.05) is 11.1 Å². The Morgan fingerprint density at radius 1 is 0.319 bits per heavy atom. The van der Waals surface area contributed by atoms with Crippen molar-refractivity contribution >= 4 is 30.1 Å². The summed E-state index contributed by atoms with van der Waals surface area (Å²) in [7, 11) is -2.10. The van der Waals surface area contributed by atoms with Crippen LogP contribution >= 0.6 is 8.60 Å². The average Bonchev–Trinajstić information content (AvgIpc) is 3.30. The second-order valence-electron chi connectivity index (χ2n) is 26.8. The molecule has 0 saturated heterocycles. The summed E-state index contributed by atoms with van der Waals surface area (Å²) in [6.07, 6.45) is 0. The molecule has 0 amide bonds. The van der Waals surface area contributed by atoms with Crippen molar-refractivity contribution in [2.45, 2.75) is 199 Å². The van der Waals surface area contributed by atoms with E-state index < -0.39 is 8.60 Å². The fourth-order valence-corrected chi connectivity index (χ4v) is 10.3. The van der Waals surface area contributed by atoms with E-state index >= 15 is 0 Å². The second-order valence-corrected chi connectivity index (χ2v) is 27.8. The van der Waals surface area contributed by atoms with Gasteiger partial charge < -0.3 is 13.6 Å². The highest BCUT2D eigenvalue weighted by atomic mass is 31.2. The number of hydrogen-bond donors (Lipinski definition) is 0. The Morgan fingerprint density at radius 2 is 0.639 bits per heavy atom. The lowest BCUT2D eigenvalue weighted by molar-refractivity contribution is 0.338. The highest BCUT2D eigenvalue weighted by Gasteiger charge is 2.38. The van der Waals surface area contributed by atoms with Crippen molar-refractivity contribution in [1.82, 2.24) is 0 Å². The molecule has 0 fully saturated rings. The third kappa shape index (κ3) is 11.0. The number of benzene rings is 6. The first-order valence-electron chi connectivity index (χ1n) is 27.4. The first-order valence-corrected chi connectivity index (χ1v) is 28.5. The quantitative estimate of drug-likeness (QED) is 0.0757. The minimum absolute atomic E-state index is 0.0251. The number of hydrogen-bond acceptors (Lipinski definition) is 3. The van der Waals surface area contributed by atoms with Gasteiger partial charge in [-0.1, -0.05) is 233 Å². The van der Waals surface area contributed by atoms with Crippen LogP contribution in [-0.2, 0) is 32.5 Å². The summed E-state index contributed by atoms with van der Waals surface area (Å²) in [6.45, 7) is 56.7. The van der Waals surface area contributed by atoms with E-state index in [4.69, 9.17) is 13.6 Å². The molecule has 0 saturated carbocycles. The average molecular weight is 991 g/mol. The molecule has 6 rings (SSSR count). The van der Waals surface area contributed by atoms with Gasteiger partial charge in [0.2, 0.25) is 0 Å². The minimum Gasteiger partial charge on any atom is -0.409 e. The topological polar surface area (TPSA) is 27.7 Å². The van der Waals surface area contributed by atoms with Crippen molar-refractivity contribution in [3.8, 4) is 28.4 Å². The zero-order chi connectivity index (χ0) is 53.8. The van der Waals surface area contributed by atoms with E-state index in [2.05, 4.69) is 269 Å². The van der Waals surface area contributed by atoms with Crippen LogP contribution in [0.1, 0.15) is 200 Å². The van der Waals surface area contributed by atoms with Crippen LogP contribution in [0.25, 0.3) is 32.7 Å². The van der Waals surface area contributed by atoms with E-state index in [9.17, 15) is 0 Å². The van der Waals surface area contributed by atoms with E-state index in [0.29, 0.717) is 41.3 Å². The Balaban J connectivity index is 1.68. The lowest BCUT2D eigenvalue weighted by Crippen LogP contribution is -2.29. The molecule has 390 valence electrons. The maximum atomic E-state index is 7.56. The van der Waals surface area contributed by atoms with Gasteiger partial charge in [-0.2, -0.15) is 0 Å². The van der Waals surface area contributed by atoms with Crippen molar-refractivity contribution in [3.05, 3.63) is 137 Å². The zero-order valence-electron chi connectivity index (χ0n) is 49.5. The third-order valence-electron chi connectivity index (χ3n) is 19.5. The standard InChI is InChI=1S/C68H95O3P/c1-42(2)63(13,14)52-34-50-36-59(67(21,22)46(9)10)61(40-55(50)57(38-52)65(17,18)44(5)6)70-72(69-54-32-30-49(31-33-54)48-28-26-25-27-29-48)71-62-41-56-51(37-60(62)68(23,24)47(11)12)35-53(64(15,16)43(3)4)39-58(56)66(19,20)45(7)8/h25-47H,1-24H3. The fourth-order valence-electron chi connectivity index (χ4n) is 9.30. The van der Waals surface area contributed by atoms with E-state index in [1.165, 1.54) is 43.8 Å². The summed E-state index contributed by atoms with van der Waals surface area (Å²) >= 11 is 0. The van der Waals surface area contributed by atoms with Crippen LogP contribution in [0.5, 0.6) is 17.2 Å². The normalized spacial score (nSPS) is 13.6. The van der Waals surface area contributed by atoms with Gasteiger partial charge in [0.1, 0.15) is 17.2 Å². The van der Waals surface area contributed by atoms with Gasteiger partial charge >= 0.3 is 8.60 Å². The Morgan fingerprint density at radius 3 is 0.972 bits per heavy atom. The van der Waals surface area contributed by atoms with Crippen LogP contribution in [0.2, 0.25) is 0 Å². The molecule has 0 aliphatic carbocycles. The largest absolute Gasteiger partial charge is 0.530 e. The van der Waals surface area contributed by atoms with Crippen LogP contribution in [0.4, 0.5) is 0 Å². The molecular formula is C68H95O3P. The van der Waals surface area contributed by atoms with Crippen LogP contribution in [0.3, 0.4) is 0 Å². The molecule has 0 spiro atoms. The summed E-state index contributed by atoms with van der Waals surface area (Å²) in [6, 6.07) is 38.4. The molecule has 0 aliphatic rings. The van der Waals surface area contributed by atoms with Gasteiger partial charge in [-0.15, -0.1) is 0 Å². The van der Waals surface area contributed by atoms with Crippen LogP contribution in [0.15, 0.2) is 103 Å². The highest BCUT2D eigenvalue weighted by Crippen LogP contribution is 2.53. The molecule has 0 atom stereocenters. The summed E-state index contributed by atoms with van der Waals surface area (Å²) in [5.74, 6) is 4.63. The Labute approximate surface area is 440 Å². The highest BCUT2D eigenvalue weighted by molar-refractivity contribution is 7.43. The predicted molar refractivity (Wildman–Crippen MR) is 316 cm³/mol. The predicted octanol–water partition coefficient (Wildman–Crippen LogP) is 21.0. The Kier molecular flexibility index (Phi) is 16.4. The molecule has 0 aromatic heterocycles. The van der Waals surface area contributed by atoms with E-state index in [1.54, 1.807) is 0 Å². The van der Waals surface area contributed by atoms with Crippen molar-refractivity contribution < 1.29 is 13.6 Å². The first-order chi connectivity index (χ1) is 33.2. The molecule has 6 aromatic rings. The number of rotatable bonds is 19. The van der Waals surface area contributed by atoms with E-state index in [1.807, 2.05) is 0 Å². The summed E-state index contributed by atoms with van der Waals surface area (Å²) < 4.78 is 22.3. The number of fused-ring (bicyclic) bond motifs is 2. The van der Waals surface area contributed by atoms with Crippen LogP contribution in [-0.4, -0.2) is 0 Å². The van der Waals surface area contributed by atoms with Gasteiger partial charge in [0.15, 0.2) is 0 Å². The lowest BCUT2D eigenvalue weighted by Gasteiger charge is -2.37. The Bertz CT molecular complexity index is 2680. The monoisotopic (exact) mass is 991 g/mol. The van der Waals surface area contributed by atoms with E-state index in [0.717, 1.165) is 33.8 Å². The van der Waals surface area contributed by atoms with Gasteiger partial charge in [-0.3, -0.25) is 0 Å². The van der Waals surface area contributed by atoms with Gasteiger partial charge in [-0.05, 0) is 159 Å². The molecule has 72 heavy (non-hydrogen) atoms. The van der Waals surface area contributed by atoms with Crippen molar-refractivity contribution in [3.63, 3.8) is 0 Å². The maximum absolute atomic E-state index is 7.56. The fraction of sp³-hybridized carbons (Fsp3) is 0.529. The molecule has 0 unspecified atom stereocenters. The summed E-state index contributed by atoms with van der Waals surface area (Å²) in [4.78, 5) is 0. The minimum atomic E-state index is -2.10. The lowest BCUT2D eigenvalue weighted by atomic mass is 9.68. The molecule has 0 N–H and O–H groups in total. The third-order valence-corrected chi connectivity index (χ3v) is 20.6. The smallest absolute Gasteiger partial charge is 0.409 e. The molecule has 3 nitrogen and oxygen atoms in total. The van der Waals surface area contributed by atoms with Crippen LogP contribution in [0, 0.1) is 35.5 Å². The zero-order valence-corrected chi connectivity index (χ0v) is 50.3. The van der Waals surface area contributed by atoms with Gasteiger partial charge in [-0.25, -0.2) is 0 Å². The van der Waals surface area contributed by atoms with E-state index in [-0.39, 0.29) is 32.5 Å². The van der Waals surface area contributed by atoms with Crippen LogP contribution < -0.4 is 13.6 Å². The van der Waals surface area contributed by atoms with Crippen molar-refractivity contribution in [2.75, 3.05) is 0 Å². The molecule has 0 bridgehead atoms. The summed E-state index contributed by atoms with van der Waals surface area (Å²) in [5, 5.41) is 4.93. The van der Waals surface area contributed by atoms with Gasteiger partial charge in [0.05, 0.1) is 0 Å². The van der Waals surface area contributed by atoms with Crippen molar-refractivity contribution in [1.29, 1.82) is 0 Å². The van der Waals surface area contributed by atoms with Crippen molar-refractivity contribution in [2.24, 2.45) is 35.5 Å². The maximum Gasteiger partial charge on any atom is 0.530 e. The SMILES string of the molecule is CC(C)C(C)(C)c1cc(C(C)(C)C(C)C)c2cc(OP(Oc3ccc(-c4ccccc4)cc3)Oc3cc4c(C(C)(C)C(C)C)cc(C(C)(C)C(C)C)cc4cc3C(C)(C)C(C)C)c(C(C)(C)C(C)C)cc2c1.